The number of methoxy groups -OCH3 is 2. The maximum absolute atomic E-state index is 14.3. The number of phenolic OH excluding ortho intramolecular Hbond substituents is 2. The van der Waals surface area contributed by atoms with Gasteiger partial charge in [-0.25, -0.2) is 4.79 Å². The molecule has 53 heavy (non-hydrogen) atoms. The number of carbonyl (C=O) groups excluding carboxylic acids is 4. The molecule has 15 nitrogen and oxygen atoms in total. The fourth-order valence-electron chi connectivity index (χ4n) is 8.93. The van der Waals surface area contributed by atoms with E-state index in [1.807, 2.05) is 6.92 Å². The lowest BCUT2D eigenvalue weighted by molar-refractivity contribution is 0.0814. The second kappa shape index (κ2) is 11.5. The molecule has 1 unspecified atom stereocenters. The van der Waals surface area contributed by atoms with Gasteiger partial charge < -0.3 is 50.2 Å². The number of aromatic amines is 3. The number of nitrogens with one attached hydrogen (secondary N) is 3. The second-order valence-electron chi connectivity index (χ2n) is 13.8. The lowest BCUT2D eigenvalue weighted by Crippen LogP contribution is -2.34. The molecule has 3 aromatic heterocycles. The zero-order chi connectivity index (χ0) is 37.2. The number of urea groups is 1. The Hall–Kier alpha value is -6.09. The summed E-state index contributed by atoms with van der Waals surface area (Å²) in [5.74, 6) is -1.51. The first-order valence-electron chi connectivity index (χ1n) is 17.1. The predicted molar refractivity (Wildman–Crippen MR) is 195 cm³/mol. The molecule has 16 heteroatoms. The number of likely N-dealkylation sites (tertiary alicyclic amines) is 1. The number of carbonyl (C=O) groups is 4. The van der Waals surface area contributed by atoms with Crippen molar-refractivity contribution in [2.45, 2.75) is 25.7 Å². The van der Waals surface area contributed by atoms with Crippen LogP contribution in [0.5, 0.6) is 23.0 Å². The topological polar surface area (TPSA) is 210 Å². The van der Waals surface area contributed by atoms with Crippen LogP contribution in [0.25, 0.3) is 21.8 Å². The molecule has 0 saturated carbocycles. The summed E-state index contributed by atoms with van der Waals surface area (Å²) < 4.78 is 11.2. The molecule has 2 atom stereocenters. The Morgan fingerprint density at radius 1 is 0.906 bits per heavy atom. The van der Waals surface area contributed by atoms with Crippen LogP contribution >= 0.6 is 11.6 Å². The lowest BCUT2D eigenvalue weighted by atomic mass is 9.81. The van der Waals surface area contributed by atoms with Gasteiger partial charge in [-0.15, -0.1) is 11.6 Å². The number of fused-ring (bicyclic) bond motifs is 9. The summed E-state index contributed by atoms with van der Waals surface area (Å²) in [5.41, 5.74) is 11.4. The highest BCUT2D eigenvalue weighted by molar-refractivity contribution is 6.18. The highest BCUT2D eigenvalue weighted by atomic mass is 35.5. The van der Waals surface area contributed by atoms with Gasteiger partial charge in [0.2, 0.25) is 5.78 Å². The summed E-state index contributed by atoms with van der Waals surface area (Å²) in [6.07, 6.45) is 4.07. The molecule has 0 radical (unpaired) electrons. The SMILES string of the molecule is COc1c(O)c2c(c3cc(C(=O)N4CCc5c4c(O)c(OC)c4[nH]c(C(=O)N6C[C@@H](CCl)C7C6=CC(=O)c6[nH]cc(C)c67)cc54)[nH]c13)CCN2C(N)=O. The Kier molecular flexibility index (Phi) is 7.09. The third-order valence-corrected chi connectivity index (χ3v) is 11.6. The Bertz CT molecular complexity index is 2530. The quantitative estimate of drug-likeness (QED) is 0.141. The van der Waals surface area contributed by atoms with Crippen LogP contribution in [0, 0.1) is 12.8 Å². The van der Waals surface area contributed by atoms with Gasteiger partial charge in [0.25, 0.3) is 11.8 Å². The zero-order valence-electron chi connectivity index (χ0n) is 28.8. The van der Waals surface area contributed by atoms with E-state index in [4.69, 9.17) is 26.8 Å². The molecule has 1 saturated heterocycles. The van der Waals surface area contributed by atoms with Gasteiger partial charge in [0.15, 0.2) is 23.0 Å². The van der Waals surface area contributed by atoms with E-state index in [2.05, 4.69) is 15.0 Å². The molecule has 2 aromatic carbocycles. The first-order chi connectivity index (χ1) is 25.5. The van der Waals surface area contributed by atoms with Crippen LogP contribution < -0.4 is 25.0 Å². The summed E-state index contributed by atoms with van der Waals surface area (Å²) in [4.78, 5) is 67.4. The van der Waals surface area contributed by atoms with Gasteiger partial charge in [-0.05, 0) is 54.2 Å². The fourth-order valence-corrected chi connectivity index (χ4v) is 9.20. The van der Waals surface area contributed by atoms with E-state index in [1.54, 1.807) is 23.2 Å². The Morgan fingerprint density at radius 2 is 1.45 bits per heavy atom. The molecular formula is C37H34ClN7O8. The third-order valence-electron chi connectivity index (χ3n) is 11.2. The number of allylic oxidation sites excluding steroid dienone is 2. The third kappa shape index (κ3) is 4.33. The highest BCUT2D eigenvalue weighted by Gasteiger charge is 2.46. The smallest absolute Gasteiger partial charge is 0.319 e. The molecule has 6 heterocycles. The summed E-state index contributed by atoms with van der Waals surface area (Å²) in [6, 6.07) is 2.61. The number of nitrogens with two attached hydrogens (primary N) is 1. The number of rotatable bonds is 5. The molecule has 1 fully saturated rings. The molecule has 7 N–H and O–H groups in total. The molecule has 4 aliphatic rings. The number of amides is 4. The van der Waals surface area contributed by atoms with Crippen molar-refractivity contribution in [1.82, 2.24) is 19.9 Å². The molecule has 5 aromatic rings. The van der Waals surface area contributed by atoms with Gasteiger partial charge >= 0.3 is 6.03 Å². The minimum atomic E-state index is -0.720. The first-order valence-corrected chi connectivity index (χ1v) is 17.6. The van der Waals surface area contributed by atoms with Crippen LogP contribution in [0.3, 0.4) is 0 Å². The molecule has 1 aliphatic carbocycles. The van der Waals surface area contributed by atoms with Gasteiger partial charge in [0, 0.05) is 66.1 Å². The second-order valence-corrected chi connectivity index (χ2v) is 14.1. The molecule has 0 bridgehead atoms. The van der Waals surface area contributed by atoms with E-state index >= 15 is 0 Å². The number of ether oxygens (including phenoxy) is 2. The van der Waals surface area contributed by atoms with Crippen LogP contribution in [0.15, 0.2) is 30.1 Å². The number of aromatic nitrogens is 3. The average Bonchev–Trinajstić information content (AvgIpc) is 3.98. The van der Waals surface area contributed by atoms with E-state index in [-0.39, 0.29) is 88.3 Å². The van der Waals surface area contributed by atoms with Crippen LogP contribution in [0.2, 0.25) is 0 Å². The van der Waals surface area contributed by atoms with E-state index in [9.17, 15) is 29.4 Å². The minimum absolute atomic E-state index is 0.0576. The summed E-state index contributed by atoms with van der Waals surface area (Å²) in [7, 11) is 2.76. The number of aromatic hydroxyl groups is 2. The number of benzene rings is 2. The number of anilines is 2. The van der Waals surface area contributed by atoms with Crippen LogP contribution in [-0.2, 0) is 12.8 Å². The number of H-pyrrole nitrogens is 3. The summed E-state index contributed by atoms with van der Waals surface area (Å²) in [5, 5.41) is 23.9. The fraction of sp³-hybridized carbons (Fsp3) is 0.297. The Balaban J connectivity index is 1.10. The monoisotopic (exact) mass is 739 g/mol. The van der Waals surface area contributed by atoms with Gasteiger partial charge in [-0.2, -0.15) is 0 Å². The van der Waals surface area contributed by atoms with Crippen LogP contribution in [-0.4, -0.2) is 93.4 Å². The van der Waals surface area contributed by atoms with Crippen LogP contribution in [0.4, 0.5) is 16.2 Å². The number of ketones is 1. The Morgan fingerprint density at radius 3 is 2.00 bits per heavy atom. The lowest BCUT2D eigenvalue weighted by Gasteiger charge is -2.24. The number of phenols is 2. The minimum Gasteiger partial charge on any atom is -0.503 e. The van der Waals surface area contributed by atoms with Gasteiger partial charge in [0.1, 0.15) is 11.4 Å². The van der Waals surface area contributed by atoms with Crippen LogP contribution in [0.1, 0.15) is 59.6 Å². The van der Waals surface area contributed by atoms with Crippen molar-refractivity contribution in [2.24, 2.45) is 11.7 Å². The van der Waals surface area contributed by atoms with Gasteiger partial charge in [0.05, 0.1) is 42.3 Å². The average molecular weight is 740 g/mol. The molecule has 4 amide bonds. The van der Waals surface area contributed by atoms with Crippen molar-refractivity contribution in [2.75, 3.05) is 49.5 Å². The number of primary amides is 1. The summed E-state index contributed by atoms with van der Waals surface area (Å²) in [6.45, 7) is 2.71. The van der Waals surface area contributed by atoms with E-state index in [1.165, 1.54) is 30.1 Å². The Labute approximate surface area is 305 Å². The maximum atomic E-state index is 14.3. The summed E-state index contributed by atoms with van der Waals surface area (Å²) >= 11 is 6.44. The first kappa shape index (κ1) is 32.8. The maximum Gasteiger partial charge on any atom is 0.319 e. The van der Waals surface area contributed by atoms with Crippen molar-refractivity contribution in [1.29, 1.82) is 0 Å². The van der Waals surface area contributed by atoms with Gasteiger partial charge in [-0.1, -0.05) is 0 Å². The van der Waals surface area contributed by atoms with E-state index in [0.717, 1.165) is 11.1 Å². The number of halogens is 1. The number of hydrogen-bond acceptors (Lipinski definition) is 8. The van der Waals surface area contributed by atoms with Crippen molar-refractivity contribution in [3.05, 3.63) is 69.4 Å². The molecule has 3 aliphatic heterocycles. The molecule has 9 rings (SSSR count). The van der Waals surface area contributed by atoms with Crippen molar-refractivity contribution >= 4 is 68.4 Å². The predicted octanol–water partition coefficient (Wildman–Crippen LogP) is 4.53. The number of aryl methyl sites for hydroxylation is 1. The molecule has 0 spiro atoms. The highest BCUT2D eigenvalue weighted by Crippen LogP contribution is 2.52. The number of alkyl halides is 1. The van der Waals surface area contributed by atoms with E-state index < -0.39 is 11.9 Å². The van der Waals surface area contributed by atoms with Crippen molar-refractivity contribution in [3.63, 3.8) is 0 Å². The number of hydrogen-bond donors (Lipinski definition) is 6. The van der Waals surface area contributed by atoms with Crippen molar-refractivity contribution in [3.8, 4) is 23.0 Å². The largest absolute Gasteiger partial charge is 0.503 e. The number of nitrogens with zero attached hydrogens (tertiary/aromatic N) is 3. The molecule has 272 valence electrons. The van der Waals surface area contributed by atoms with E-state index in [0.29, 0.717) is 63.7 Å². The normalized spacial score (nSPS) is 18.8. The standard InChI is InChI=1S/C37H34ClN7O8/c1-14-12-40-28-23(46)10-22-25(24(14)28)15(11-38)13-45(22)36(50)21-9-18-16-4-6-43(29(16)31(47)33(52-2)26(18)42-21)35(49)20-8-19-17-5-7-44(37(39)51)30(17)32(48)34(53-3)27(19)41-20/h8-10,12,15,25,40-42,47-48H,4-7,11,13H2,1-3H3,(H2,39,51)/t15-,25?/m1/s1. The van der Waals surface area contributed by atoms with Crippen molar-refractivity contribution < 1.29 is 38.9 Å². The zero-order valence-corrected chi connectivity index (χ0v) is 29.6. The molecular weight excluding hydrogens is 706 g/mol. The van der Waals surface area contributed by atoms with Gasteiger partial charge in [-0.3, -0.25) is 19.3 Å².